The molecule has 4 aliphatic rings. The van der Waals surface area contributed by atoms with Gasteiger partial charge >= 0.3 is 0 Å². The summed E-state index contributed by atoms with van der Waals surface area (Å²) >= 11 is 0. The fourth-order valence-electron chi connectivity index (χ4n) is 8.32. The molecule has 9 rings (SSSR count). The lowest BCUT2D eigenvalue weighted by atomic mass is 9.92. The SMILES string of the molecule is Cl.O=C(c1cc(-c2cc3c(cc2C(=O)N2Cc4ccccc4C[C@H]2CN2CCOCC2)OCO3)n2c1CCCC2)N(c1ccccc1)c1ccc(O)cc1. The molecule has 278 valence electrons. The Morgan fingerprint density at radius 1 is 0.778 bits per heavy atom. The van der Waals surface area contributed by atoms with E-state index in [1.165, 1.54) is 5.56 Å². The smallest absolute Gasteiger partial charge is 0.264 e. The van der Waals surface area contributed by atoms with Gasteiger partial charge in [0.25, 0.3) is 11.8 Å². The van der Waals surface area contributed by atoms with Crippen LogP contribution in [-0.4, -0.2) is 77.0 Å². The number of morpholine rings is 1. The van der Waals surface area contributed by atoms with Crippen molar-refractivity contribution in [1.29, 1.82) is 0 Å². The van der Waals surface area contributed by atoms with Crippen molar-refractivity contribution >= 4 is 35.6 Å². The monoisotopic (exact) mass is 746 g/mol. The van der Waals surface area contributed by atoms with E-state index in [1.54, 1.807) is 29.2 Å². The van der Waals surface area contributed by atoms with Gasteiger partial charge in [-0.2, -0.15) is 0 Å². The number of aromatic nitrogens is 1. The van der Waals surface area contributed by atoms with Crippen LogP contribution in [0.4, 0.5) is 11.4 Å². The van der Waals surface area contributed by atoms with E-state index in [9.17, 15) is 9.90 Å². The molecule has 0 saturated carbocycles. The first kappa shape index (κ1) is 35.7. The molecule has 4 aromatic carbocycles. The minimum absolute atomic E-state index is 0. The number of phenolic OH excluding ortho intramolecular Hbond substituents is 1. The minimum atomic E-state index is -0.175. The number of para-hydroxylation sites is 1. The number of halogens is 1. The number of benzene rings is 4. The predicted molar refractivity (Wildman–Crippen MR) is 208 cm³/mol. The number of carbonyl (C=O) groups is 2. The van der Waals surface area contributed by atoms with E-state index in [0.29, 0.717) is 48.1 Å². The second-order valence-electron chi connectivity index (χ2n) is 14.2. The molecule has 5 aromatic rings. The number of amides is 2. The molecule has 4 aliphatic heterocycles. The van der Waals surface area contributed by atoms with Crippen molar-refractivity contribution in [1.82, 2.24) is 14.4 Å². The normalized spacial score (nSPS) is 17.6. The minimum Gasteiger partial charge on any atom is -0.508 e. The molecule has 1 aromatic heterocycles. The van der Waals surface area contributed by atoms with Gasteiger partial charge in [-0.05, 0) is 91.4 Å². The van der Waals surface area contributed by atoms with Gasteiger partial charge in [0.1, 0.15) is 5.75 Å². The zero-order chi connectivity index (χ0) is 35.9. The van der Waals surface area contributed by atoms with Crippen LogP contribution in [-0.2, 0) is 30.7 Å². The predicted octanol–water partition coefficient (Wildman–Crippen LogP) is 7.23. The Hall–Kier alpha value is -5.29. The summed E-state index contributed by atoms with van der Waals surface area (Å²) in [5.74, 6) is 1.01. The number of nitrogens with zero attached hydrogens (tertiary/aromatic N) is 4. The van der Waals surface area contributed by atoms with Crippen molar-refractivity contribution in [3.63, 3.8) is 0 Å². The molecule has 0 bridgehead atoms. The first-order valence-electron chi connectivity index (χ1n) is 18.5. The molecule has 2 amide bonds. The number of anilines is 2. The fourth-order valence-corrected chi connectivity index (χ4v) is 8.32. The molecule has 0 radical (unpaired) electrons. The highest BCUT2D eigenvalue weighted by Gasteiger charge is 2.36. The van der Waals surface area contributed by atoms with Gasteiger partial charge in [0.05, 0.1) is 24.3 Å². The molecule has 0 aliphatic carbocycles. The van der Waals surface area contributed by atoms with E-state index in [4.69, 9.17) is 14.2 Å². The van der Waals surface area contributed by atoms with E-state index in [-0.39, 0.29) is 42.8 Å². The second kappa shape index (κ2) is 15.2. The van der Waals surface area contributed by atoms with Crippen molar-refractivity contribution in [3.8, 4) is 28.5 Å². The van der Waals surface area contributed by atoms with Crippen molar-refractivity contribution < 1.29 is 28.9 Å². The highest BCUT2D eigenvalue weighted by Crippen LogP contribution is 2.43. The van der Waals surface area contributed by atoms with Crippen molar-refractivity contribution in [3.05, 3.63) is 125 Å². The van der Waals surface area contributed by atoms with Crippen LogP contribution in [0.2, 0.25) is 0 Å². The van der Waals surface area contributed by atoms with Gasteiger partial charge in [0.2, 0.25) is 6.79 Å². The zero-order valence-corrected chi connectivity index (χ0v) is 30.8. The van der Waals surface area contributed by atoms with Crippen LogP contribution < -0.4 is 14.4 Å². The lowest BCUT2D eigenvalue weighted by Crippen LogP contribution is -2.52. The van der Waals surface area contributed by atoms with Crippen LogP contribution in [0.15, 0.2) is 97.1 Å². The van der Waals surface area contributed by atoms with E-state index in [2.05, 4.69) is 27.7 Å². The maximum atomic E-state index is 15.2. The Kier molecular flexibility index (Phi) is 10.1. The number of phenols is 1. The van der Waals surface area contributed by atoms with Gasteiger partial charge in [0.15, 0.2) is 11.5 Å². The third-order valence-corrected chi connectivity index (χ3v) is 11.0. The summed E-state index contributed by atoms with van der Waals surface area (Å²) < 4.78 is 19.6. The van der Waals surface area contributed by atoms with Crippen molar-refractivity contribution in [2.75, 3.05) is 44.5 Å². The molecule has 11 heteroatoms. The molecular formula is C43H43ClN4O6. The molecule has 0 unspecified atom stereocenters. The summed E-state index contributed by atoms with van der Waals surface area (Å²) in [6, 6.07) is 30.4. The van der Waals surface area contributed by atoms with Crippen LogP contribution in [0, 0.1) is 0 Å². The Labute approximate surface area is 320 Å². The highest BCUT2D eigenvalue weighted by molar-refractivity contribution is 6.12. The molecule has 1 N–H and O–H groups in total. The summed E-state index contributed by atoms with van der Waals surface area (Å²) in [7, 11) is 0. The fraction of sp³-hybridized carbons (Fsp3) is 0.302. The Morgan fingerprint density at radius 2 is 1.48 bits per heavy atom. The number of hydrogen-bond acceptors (Lipinski definition) is 7. The van der Waals surface area contributed by atoms with Gasteiger partial charge in [-0.3, -0.25) is 19.4 Å². The molecule has 0 spiro atoms. The van der Waals surface area contributed by atoms with E-state index in [1.807, 2.05) is 59.5 Å². The molecule has 10 nitrogen and oxygen atoms in total. The van der Waals surface area contributed by atoms with Crippen molar-refractivity contribution in [2.45, 2.75) is 44.8 Å². The molecule has 5 heterocycles. The first-order valence-corrected chi connectivity index (χ1v) is 18.5. The Balaban J connectivity index is 0.00000413. The van der Waals surface area contributed by atoms with Gasteiger partial charge < -0.3 is 28.8 Å². The molecular weight excluding hydrogens is 704 g/mol. The van der Waals surface area contributed by atoms with Crippen LogP contribution in [0.5, 0.6) is 17.2 Å². The maximum Gasteiger partial charge on any atom is 0.264 e. The van der Waals surface area contributed by atoms with E-state index < -0.39 is 0 Å². The topological polar surface area (TPSA) is 96.7 Å². The molecule has 1 atom stereocenters. The third kappa shape index (κ3) is 6.70. The van der Waals surface area contributed by atoms with E-state index in [0.717, 1.165) is 80.1 Å². The van der Waals surface area contributed by atoms with Crippen LogP contribution in [0.25, 0.3) is 11.3 Å². The van der Waals surface area contributed by atoms with Crippen LogP contribution in [0.3, 0.4) is 0 Å². The number of carbonyl (C=O) groups excluding carboxylic acids is 2. The number of aromatic hydroxyl groups is 1. The highest BCUT2D eigenvalue weighted by atomic mass is 35.5. The summed E-state index contributed by atoms with van der Waals surface area (Å²) in [5, 5.41) is 10.1. The van der Waals surface area contributed by atoms with E-state index >= 15 is 4.79 Å². The number of hydrogen-bond donors (Lipinski definition) is 1. The summed E-state index contributed by atoms with van der Waals surface area (Å²) in [6.45, 7) is 5.14. The summed E-state index contributed by atoms with van der Waals surface area (Å²) in [4.78, 5) is 36.1. The Bertz CT molecular complexity index is 2170. The molecule has 1 fully saturated rings. The molecule has 54 heavy (non-hydrogen) atoms. The van der Waals surface area contributed by atoms with Gasteiger partial charge in [-0.15, -0.1) is 12.4 Å². The van der Waals surface area contributed by atoms with Gasteiger partial charge in [0, 0.05) is 67.1 Å². The quantitative estimate of drug-likeness (QED) is 0.188. The van der Waals surface area contributed by atoms with Gasteiger partial charge in [-0.1, -0.05) is 42.5 Å². The number of rotatable bonds is 7. The first-order chi connectivity index (χ1) is 26.0. The maximum absolute atomic E-state index is 15.2. The summed E-state index contributed by atoms with van der Waals surface area (Å²) in [5.41, 5.74) is 7.40. The lowest BCUT2D eigenvalue weighted by Gasteiger charge is -2.40. The third-order valence-electron chi connectivity index (χ3n) is 11.0. The van der Waals surface area contributed by atoms with Crippen LogP contribution in [0.1, 0.15) is 50.4 Å². The number of fused-ring (bicyclic) bond motifs is 3. The summed E-state index contributed by atoms with van der Waals surface area (Å²) in [6.07, 6.45) is 3.42. The van der Waals surface area contributed by atoms with Gasteiger partial charge in [-0.25, -0.2) is 0 Å². The molecule has 1 saturated heterocycles. The average Bonchev–Trinajstić information content (AvgIpc) is 3.83. The zero-order valence-electron chi connectivity index (χ0n) is 30.0. The van der Waals surface area contributed by atoms with Crippen molar-refractivity contribution in [2.24, 2.45) is 0 Å². The average molecular weight is 747 g/mol. The Morgan fingerprint density at radius 3 is 2.26 bits per heavy atom. The largest absolute Gasteiger partial charge is 0.508 e. The van der Waals surface area contributed by atoms with Crippen LogP contribution >= 0.6 is 12.4 Å². The number of ether oxygens (including phenoxy) is 3. The second-order valence-corrected chi connectivity index (χ2v) is 14.2. The lowest BCUT2D eigenvalue weighted by molar-refractivity contribution is 0.0193. The standard InChI is InChI=1S/C43H42N4O6.ClH/c48-34-15-13-32(14-16-34)47(31-10-2-1-3-11-31)43(50)37-23-39(45-17-7-6-12-38(37)45)35-24-40-41(53-28-52-40)25-36(35)42(49)46-26-30-9-5-4-8-29(30)22-33(46)27-44-18-20-51-21-19-44;/h1-5,8-11,13-16,23-25,33,48H,6-7,12,17-22,26-28H2;1H/t33-;/m0./s1.